The summed E-state index contributed by atoms with van der Waals surface area (Å²) in [4.78, 5) is 0. The minimum absolute atomic E-state index is 0.762. The maximum absolute atomic E-state index is 5.85. The van der Waals surface area contributed by atoms with E-state index in [1.165, 1.54) is 16.7 Å². The van der Waals surface area contributed by atoms with Crippen LogP contribution in [-0.4, -0.2) is 19.8 Å². The van der Waals surface area contributed by atoms with Crippen LogP contribution in [0.4, 0.5) is 0 Å². The lowest BCUT2D eigenvalue weighted by atomic mass is 9.95. The van der Waals surface area contributed by atoms with Gasteiger partial charge in [-0.25, -0.2) is 0 Å². The molecule has 0 atom stereocenters. The normalized spacial score (nSPS) is 16.1. The van der Waals surface area contributed by atoms with E-state index >= 15 is 0 Å². The Morgan fingerprint density at radius 1 is 1.00 bits per heavy atom. The van der Waals surface area contributed by atoms with Crippen LogP contribution in [0.15, 0.2) is 4.47 Å². The van der Waals surface area contributed by atoms with Crippen molar-refractivity contribution in [3.05, 3.63) is 21.2 Å². The van der Waals surface area contributed by atoms with Crippen molar-refractivity contribution in [2.24, 2.45) is 5.73 Å². The Bertz CT molecular complexity index is 438. The van der Waals surface area contributed by atoms with Crippen LogP contribution in [0.1, 0.15) is 29.5 Å². The first-order valence-electron chi connectivity index (χ1n) is 6.64. The van der Waals surface area contributed by atoms with Crippen molar-refractivity contribution in [2.75, 3.05) is 19.8 Å². The third-order valence-corrected chi connectivity index (χ3v) is 4.57. The van der Waals surface area contributed by atoms with Crippen LogP contribution < -0.4 is 15.2 Å². The molecule has 0 radical (unpaired) electrons. The summed E-state index contributed by atoms with van der Waals surface area (Å²) in [7, 11) is 0. The second kappa shape index (κ2) is 5.10. The molecule has 0 unspecified atom stereocenters. The molecule has 98 valence electrons. The van der Waals surface area contributed by atoms with E-state index in [1.807, 2.05) is 0 Å². The first-order valence-corrected chi connectivity index (χ1v) is 7.44. The maximum Gasteiger partial charge on any atom is 0.137 e. The van der Waals surface area contributed by atoms with E-state index in [2.05, 4.69) is 15.9 Å². The van der Waals surface area contributed by atoms with E-state index < -0.39 is 0 Å². The lowest BCUT2D eigenvalue weighted by Crippen LogP contribution is -2.02. The van der Waals surface area contributed by atoms with E-state index in [4.69, 9.17) is 15.2 Å². The summed E-state index contributed by atoms with van der Waals surface area (Å²) >= 11 is 3.67. The van der Waals surface area contributed by atoms with Crippen molar-refractivity contribution in [3.63, 3.8) is 0 Å². The third kappa shape index (κ3) is 1.91. The predicted molar refractivity (Wildman–Crippen MR) is 74.5 cm³/mol. The molecular formula is C14H18BrNO2. The summed E-state index contributed by atoms with van der Waals surface area (Å²) in [6.45, 7) is 2.35. The molecule has 4 heteroatoms. The molecule has 0 aromatic heterocycles. The van der Waals surface area contributed by atoms with E-state index in [-0.39, 0.29) is 0 Å². The highest BCUT2D eigenvalue weighted by molar-refractivity contribution is 9.10. The van der Waals surface area contributed by atoms with Gasteiger partial charge in [0.25, 0.3) is 0 Å². The van der Waals surface area contributed by atoms with Crippen molar-refractivity contribution in [3.8, 4) is 11.5 Å². The van der Waals surface area contributed by atoms with Crippen LogP contribution in [-0.2, 0) is 19.3 Å². The number of rotatable bonds is 4. The molecular weight excluding hydrogens is 294 g/mol. The molecule has 0 saturated heterocycles. The Morgan fingerprint density at radius 2 is 1.72 bits per heavy atom. The van der Waals surface area contributed by atoms with Crippen LogP contribution in [0.25, 0.3) is 0 Å². The van der Waals surface area contributed by atoms with Gasteiger partial charge in [0, 0.05) is 29.5 Å². The number of unbranched alkanes of at least 4 members (excludes halogenated alkanes) is 1. The highest BCUT2D eigenvalue weighted by Crippen LogP contribution is 2.47. The molecule has 0 amide bonds. The zero-order chi connectivity index (χ0) is 12.5. The fourth-order valence-corrected chi connectivity index (χ4v) is 3.59. The van der Waals surface area contributed by atoms with Crippen LogP contribution in [0, 0.1) is 0 Å². The second-order valence-corrected chi connectivity index (χ2v) is 5.64. The summed E-state index contributed by atoms with van der Waals surface area (Å²) in [6, 6.07) is 0. The Hall–Kier alpha value is -0.740. The first kappa shape index (κ1) is 12.3. The molecule has 0 fully saturated rings. The van der Waals surface area contributed by atoms with Gasteiger partial charge in [0.2, 0.25) is 0 Å². The van der Waals surface area contributed by atoms with Gasteiger partial charge in [0.1, 0.15) is 11.5 Å². The number of fused-ring (bicyclic) bond motifs is 2. The van der Waals surface area contributed by atoms with Crippen LogP contribution in [0.5, 0.6) is 11.5 Å². The first-order chi connectivity index (χ1) is 8.83. The van der Waals surface area contributed by atoms with Crippen molar-refractivity contribution >= 4 is 15.9 Å². The maximum atomic E-state index is 5.85. The van der Waals surface area contributed by atoms with Crippen LogP contribution in [0.2, 0.25) is 0 Å². The van der Waals surface area contributed by atoms with Gasteiger partial charge in [-0.15, -0.1) is 0 Å². The molecule has 18 heavy (non-hydrogen) atoms. The molecule has 2 heterocycles. The number of nitrogens with two attached hydrogens (primary N) is 1. The van der Waals surface area contributed by atoms with E-state index in [9.17, 15) is 0 Å². The fraction of sp³-hybridized carbons (Fsp3) is 0.571. The summed E-state index contributed by atoms with van der Waals surface area (Å²) < 4.78 is 12.7. The molecule has 3 nitrogen and oxygen atoms in total. The number of benzene rings is 1. The summed E-state index contributed by atoms with van der Waals surface area (Å²) in [5, 5.41) is 0. The molecule has 0 aliphatic carbocycles. The topological polar surface area (TPSA) is 44.5 Å². The van der Waals surface area contributed by atoms with Crippen molar-refractivity contribution in [2.45, 2.75) is 32.1 Å². The number of halogens is 1. The van der Waals surface area contributed by atoms with Gasteiger partial charge in [-0.3, -0.25) is 0 Å². The third-order valence-electron chi connectivity index (χ3n) is 3.73. The van der Waals surface area contributed by atoms with Crippen molar-refractivity contribution < 1.29 is 9.47 Å². The van der Waals surface area contributed by atoms with Gasteiger partial charge in [-0.05, 0) is 41.7 Å². The molecule has 1 aromatic carbocycles. The van der Waals surface area contributed by atoms with Gasteiger partial charge in [-0.1, -0.05) is 0 Å². The van der Waals surface area contributed by atoms with Crippen LogP contribution >= 0.6 is 15.9 Å². The van der Waals surface area contributed by atoms with E-state index in [0.29, 0.717) is 0 Å². The molecule has 0 spiro atoms. The standard InChI is InChI=1S/C14H18BrNO2/c15-12-11-5-8-17-13(11)9(3-1-2-6-16)10-4-7-18-14(10)12/h1-8,16H2. The number of hydrogen-bond acceptors (Lipinski definition) is 3. The second-order valence-electron chi connectivity index (χ2n) is 4.85. The predicted octanol–water partition coefficient (Wildman–Crippen LogP) is 2.60. The molecule has 3 rings (SSSR count). The zero-order valence-electron chi connectivity index (χ0n) is 10.4. The number of ether oxygens (including phenoxy) is 2. The van der Waals surface area contributed by atoms with Gasteiger partial charge in [-0.2, -0.15) is 0 Å². The zero-order valence-corrected chi connectivity index (χ0v) is 12.0. The Labute approximate surface area is 116 Å². The Kier molecular flexibility index (Phi) is 3.48. The lowest BCUT2D eigenvalue weighted by Gasteiger charge is -2.14. The van der Waals surface area contributed by atoms with E-state index in [1.54, 1.807) is 0 Å². The minimum atomic E-state index is 0.762. The van der Waals surface area contributed by atoms with Gasteiger partial charge < -0.3 is 15.2 Å². The van der Waals surface area contributed by atoms with Crippen molar-refractivity contribution in [1.29, 1.82) is 0 Å². The lowest BCUT2D eigenvalue weighted by molar-refractivity contribution is 0.352. The fourth-order valence-electron chi connectivity index (χ4n) is 2.86. The molecule has 2 aliphatic rings. The average Bonchev–Trinajstić information content (AvgIpc) is 3.02. The Morgan fingerprint density at radius 3 is 2.50 bits per heavy atom. The molecule has 1 aromatic rings. The summed E-state index contributed by atoms with van der Waals surface area (Å²) in [6.07, 6.45) is 5.23. The average molecular weight is 312 g/mol. The molecule has 0 saturated carbocycles. The summed E-state index contributed by atoms with van der Waals surface area (Å²) in [5.74, 6) is 2.17. The van der Waals surface area contributed by atoms with Crippen LogP contribution in [0.3, 0.4) is 0 Å². The van der Waals surface area contributed by atoms with Gasteiger partial charge in [0.05, 0.1) is 17.7 Å². The highest BCUT2D eigenvalue weighted by Gasteiger charge is 2.29. The number of hydrogen-bond donors (Lipinski definition) is 1. The summed E-state index contributed by atoms with van der Waals surface area (Å²) in [5.41, 5.74) is 9.58. The van der Waals surface area contributed by atoms with E-state index in [0.717, 1.165) is 67.8 Å². The quantitative estimate of drug-likeness (QED) is 0.869. The molecule has 2 N–H and O–H groups in total. The highest BCUT2D eigenvalue weighted by atomic mass is 79.9. The van der Waals surface area contributed by atoms with Gasteiger partial charge >= 0.3 is 0 Å². The SMILES string of the molecule is NCCCCc1c2c(c(Br)c3c1OCC3)OCC2. The largest absolute Gasteiger partial charge is 0.493 e. The minimum Gasteiger partial charge on any atom is -0.493 e. The molecule has 2 aliphatic heterocycles. The van der Waals surface area contributed by atoms with Gasteiger partial charge in [0.15, 0.2) is 0 Å². The molecule has 0 bridgehead atoms. The Balaban J connectivity index is 2.01. The monoisotopic (exact) mass is 311 g/mol. The van der Waals surface area contributed by atoms with Crippen molar-refractivity contribution in [1.82, 2.24) is 0 Å². The smallest absolute Gasteiger partial charge is 0.137 e.